The maximum atomic E-state index is 5.79. The first kappa shape index (κ1) is 20.0. The first-order chi connectivity index (χ1) is 13.8. The van der Waals surface area contributed by atoms with E-state index < -0.39 is 0 Å². The minimum atomic E-state index is 0.176. The summed E-state index contributed by atoms with van der Waals surface area (Å²) >= 11 is 5.79. The average molecular weight is 408 g/mol. The molecular weight excluding hydrogens is 378 g/mol. The number of hydrogen-bond donors (Lipinski definition) is 0. The summed E-state index contributed by atoms with van der Waals surface area (Å²) < 4.78 is 4.94. The van der Waals surface area contributed by atoms with E-state index in [1.165, 1.54) is 24.0 Å². The van der Waals surface area contributed by atoms with Crippen LogP contribution in [0.1, 0.15) is 50.8 Å². The molecule has 0 unspecified atom stereocenters. The lowest BCUT2D eigenvalue weighted by atomic mass is 9.87. The van der Waals surface area contributed by atoms with Crippen molar-refractivity contribution in [1.29, 1.82) is 0 Å². The van der Waals surface area contributed by atoms with Gasteiger partial charge in [-0.3, -0.25) is 14.5 Å². The molecule has 0 atom stereocenters. The third kappa shape index (κ3) is 4.49. The van der Waals surface area contributed by atoms with E-state index in [-0.39, 0.29) is 5.41 Å². The summed E-state index contributed by atoms with van der Waals surface area (Å²) in [6.45, 7) is 8.24. The Morgan fingerprint density at radius 1 is 1.14 bits per heavy atom. The molecule has 0 aliphatic heterocycles. The van der Waals surface area contributed by atoms with Crippen molar-refractivity contribution in [1.82, 2.24) is 24.2 Å². The Morgan fingerprint density at radius 2 is 1.86 bits per heavy atom. The Bertz CT molecular complexity index is 1020. The van der Waals surface area contributed by atoms with Crippen molar-refractivity contribution in [2.24, 2.45) is 0 Å². The van der Waals surface area contributed by atoms with Crippen molar-refractivity contribution in [3.63, 3.8) is 0 Å². The van der Waals surface area contributed by atoms with Gasteiger partial charge in [-0.2, -0.15) is 5.10 Å². The van der Waals surface area contributed by atoms with E-state index in [0.717, 1.165) is 22.7 Å². The van der Waals surface area contributed by atoms with E-state index in [0.29, 0.717) is 12.7 Å². The summed E-state index contributed by atoms with van der Waals surface area (Å²) in [5.74, 6) is 0.925. The molecule has 0 N–H and O–H groups in total. The molecule has 2 aromatic heterocycles. The number of aromatic nitrogens is 4. The molecule has 1 aromatic carbocycles. The fourth-order valence-electron chi connectivity index (χ4n) is 3.57. The summed E-state index contributed by atoms with van der Waals surface area (Å²) in [6, 6.07) is 13.4. The van der Waals surface area contributed by atoms with Crippen LogP contribution in [0.25, 0.3) is 11.4 Å². The molecule has 1 aliphatic carbocycles. The normalized spacial score (nSPS) is 14.5. The Morgan fingerprint density at radius 3 is 2.45 bits per heavy atom. The quantitative estimate of drug-likeness (QED) is 0.527. The van der Waals surface area contributed by atoms with Crippen molar-refractivity contribution < 1.29 is 0 Å². The van der Waals surface area contributed by atoms with Gasteiger partial charge in [0.1, 0.15) is 0 Å². The van der Waals surface area contributed by atoms with Crippen LogP contribution in [0.15, 0.2) is 48.8 Å². The van der Waals surface area contributed by atoms with E-state index in [4.69, 9.17) is 17.3 Å². The SMILES string of the molecule is CN(Cc1ccc(C(C)(C)C)cc1)Cn1nc(-c2cccnc2)n(C2CC2)c1=S. The standard InChI is InChI=1S/C23H29N5S/c1-23(2,3)19-9-7-17(8-10-19)15-26(4)16-27-22(29)28(20-11-12-20)21(25-27)18-6-5-13-24-14-18/h5-10,13-14,20H,11-12,15-16H2,1-4H3. The van der Waals surface area contributed by atoms with Gasteiger partial charge < -0.3 is 0 Å². The molecule has 5 nitrogen and oxygen atoms in total. The lowest BCUT2D eigenvalue weighted by molar-refractivity contribution is 0.244. The lowest BCUT2D eigenvalue weighted by Crippen LogP contribution is -2.22. The molecule has 0 bridgehead atoms. The predicted molar refractivity (Wildman–Crippen MR) is 119 cm³/mol. The highest BCUT2D eigenvalue weighted by Crippen LogP contribution is 2.38. The van der Waals surface area contributed by atoms with Gasteiger partial charge in [0.15, 0.2) is 10.6 Å². The third-order valence-electron chi connectivity index (χ3n) is 5.35. The second-order valence-electron chi connectivity index (χ2n) is 9.05. The smallest absolute Gasteiger partial charge is 0.199 e. The van der Waals surface area contributed by atoms with Gasteiger partial charge in [-0.25, -0.2) is 4.68 Å². The van der Waals surface area contributed by atoms with Crippen LogP contribution in [0.5, 0.6) is 0 Å². The second kappa shape index (κ2) is 7.84. The van der Waals surface area contributed by atoms with Gasteiger partial charge in [-0.15, -0.1) is 0 Å². The Hall–Kier alpha value is -2.31. The van der Waals surface area contributed by atoms with Gasteiger partial charge in [-0.05, 0) is 60.8 Å². The number of pyridine rings is 1. The molecule has 152 valence electrons. The topological polar surface area (TPSA) is 38.9 Å². The number of rotatable bonds is 6. The summed E-state index contributed by atoms with van der Waals surface area (Å²) in [5.41, 5.74) is 3.84. The summed E-state index contributed by atoms with van der Waals surface area (Å²) in [7, 11) is 2.11. The summed E-state index contributed by atoms with van der Waals surface area (Å²) in [4.78, 5) is 6.50. The summed E-state index contributed by atoms with van der Waals surface area (Å²) in [5, 5.41) is 4.86. The van der Waals surface area contributed by atoms with Gasteiger partial charge in [-0.1, -0.05) is 45.0 Å². The molecule has 0 spiro atoms. The average Bonchev–Trinajstić information content (AvgIpc) is 3.47. The molecular formula is C23H29N5S. The van der Waals surface area contributed by atoms with E-state index in [9.17, 15) is 0 Å². The lowest BCUT2D eigenvalue weighted by Gasteiger charge is -2.20. The van der Waals surface area contributed by atoms with Crippen molar-refractivity contribution >= 4 is 12.2 Å². The molecule has 0 amide bonds. The number of benzene rings is 1. The largest absolute Gasteiger partial charge is 0.297 e. The van der Waals surface area contributed by atoms with Crippen LogP contribution >= 0.6 is 12.2 Å². The van der Waals surface area contributed by atoms with E-state index in [1.807, 2.05) is 23.0 Å². The molecule has 0 saturated heterocycles. The first-order valence-electron chi connectivity index (χ1n) is 10.2. The predicted octanol–water partition coefficient (Wildman–Crippen LogP) is 5.20. The highest BCUT2D eigenvalue weighted by atomic mass is 32.1. The van der Waals surface area contributed by atoms with Gasteiger partial charge in [0.25, 0.3) is 0 Å². The number of nitrogens with zero attached hydrogens (tertiary/aromatic N) is 5. The summed E-state index contributed by atoms with van der Waals surface area (Å²) in [6.07, 6.45) is 5.99. The maximum Gasteiger partial charge on any atom is 0.199 e. The van der Waals surface area contributed by atoms with Crippen molar-refractivity contribution in [2.75, 3.05) is 7.05 Å². The monoisotopic (exact) mass is 407 g/mol. The fraction of sp³-hybridized carbons (Fsp3) is 0.435. The first-order valence-corrected chi connectivity index (χ1v) is 10.6. The van der Waals surface area contributed by atoms with E-state index in [2.05, 4.69) is 66.5 Å². The van der Waals surface area contributed by atoms with Crippen LogP contribution < -0.4 is 0 Å². The van der Waals surface area contributed by atoms with Crippen LogP contribution in [0.3, 0.4) is 0 Å². The zero-order valence-electron chi connectivity index (χ0n) is 17.7. The van der Waals surface area contributed by atoms with E-state index >= 15 is 0 Å². The Labute approximate surface area is 178 Å². The molecule has 2 heterocycles. The number of hydrogen-bond acceptors (Lipinski definition) is 4. The molecule has 3 aromatic rings. The Balaban J connectivity index is 1.53. The molecule has 1 aliphatic rings. The highest BCUT2D eigenvalue weighted by molar-refractivity contribution is 7.71. The fourth-order valence-corrected chi connectivity index (χ4v) is 3.90. The van der Waals surface area contributed by atoms with Crippen LogP contribution in [0, 0.1) is 4.77 Å². The van der Waals surface area contributed by atoms with Crippen molar-refractivity contribution in [2.45, 2.75) is 58.3 Å². The van der Waals surface area contributed by atoms with Crippen LogP contribution in [-0.4, -0.2) is 31.3 Å². The van der Waals surface area contributed by atoms with Crippen LogP contribution in [-0.2, 0) is 18.6 Å². The van der Waals surface area contributed by atoms with Crippen LogP contribution in [0.4, 0.5) is 0 Å². The van der Waals surface area contributed by atoms with Gasteiger partial charge in [0.2, 0.25) is 0 Å². The van der Waals surface area contributed by atoms with E-state index in [1.54, 1.807) is 6.20 Å². The maximum absolute atomic E-state index is 5.79. The molecule has 1 fully saturated rings. The molecule has 1 saturated carbocycles. The molecule has 29 heavy (non-hydrogen) atoms. The minimum absolute atomic E-state index is 0.176. The highest BCUT2D eigenvalue weighted by Gasteiger charge is 2.29. The van der Waals surface area contributed by atoms with Gasteiger partial charge in [0, 0.05) is 30.5 Å². The van der Waals surface area contributed by atoms with Crippen LogP contribution in [0.2, 0.25) is 0 Å². The Kier molecular flexibility index (Phi) is 5.40. The third-order valence-corrected chi connectivity index (χ3v) is 5.76. The second-order valence-corrected chi connectivity index (χ2v) is 9.42. The van der Waals surface area contributed by atoms with Gasteiger partial charge >= 0.3 is 0 Å². The van der Waals surface area contributed by atoms with Gasteiger partial charge in [0.05, 0.1) is 6.67 Å². The zero-order valence-corrected chi connectivity index (χ0v) is 18.5. The molecule has 0 radical (unpaired) electrons. The molecule has 4 rings (SSSR count). The van der Waals surface area contributed by atoms with Crippen molar-refractivity contribution in [3.8, 4) is 11.4 Å². The van der Waals surface area contributed by atoms with Crippen molar-refractivity contribution in [3.05, 3.63) is 64.7 Å². The molecule has 6 heteroatoms. The zero-order chi connectivity index (χ0) is 20.6. The minimum Gasteiger partial charge on any atom is -0.297 e.